The second-order valence-corrected chi connectivity index (χ2v) is 5.11. The van der Waals surface area contributed by atoms with Gasteiger partial charge in [-0.3, -0.25) is 4.79 Å². The van der Waals surface area contributed by atoms with Crippen LogP contribution in [-0.2, 0) is 5.88 Å². The topological polar surface area (TPSA) is 49.3 Å². The van der Waals surface area contributed by atoms with Gasteiger partial charge in [0, 0.05) is 30.0 Å². The largest absolute Gasteiger partial charge is 0.396 e. The van der Waals surface area contributed by atoms with Gasteiger partial charge in [0.15, 0.2) is 0 Å². The number of aliphatic hydroxyl groups excluding tert-OH is 1. The Morgan fingerprint density at radius 3 is 2.76 bits per heavy atom. The highest BCUT2D eigenvalue weighted by molar-refractivity contribution is 6.17. The van der Waals surface area contributed by atoms with Crippen LogP contribution >= 0.6 is 11.6 Å². The number of hydrogen-bond donors (Lipinski definition) is 2. The minimum atomic E-state index is -0.306. The Balaban J connectivity index is 2.64. The number of carbonyl (C=O) groups is 1. The molecule has 0 aromatic heterocycles. The van der Waals surface area contributed by atoms with Crippen LogP contribution in [-0.4, -0.2) is 24.2 Å². The van der Waals surface area contributed by atoms with Gasteiger partial charge >= 0.3 is 0 Å². The Kier molecular flexibility index (Phi) is 4.97. The van der Waals surface area contributed by atoms with Gasteiger partial charge in [0.2, 0.25) is 0 Å². The quantitative estimate of drug-likeness (QED) is 0.793. The van der Waals surface area contributed by atoms with Crippen molar-refractivity contribution in [3.63, 3.8) is 0 Å². The van der Waals surface area contributed by atoms with E-state index in [-0.39, 0.29) is 17.9 Å². The number of amides is 1. The van der Waals surface area contributed by atoms with Crippen LogP contribution in [0.3, 0.4) is 0 Å². The lowest BCUT2D eigenvalue weighted by atomic mass is 9.95. The monoisotopic (exact) mass is 255 g/mol. The van der Waals surface area contributed by atoms with Crippen molar-refractivity contribution in [3.05, 3.63) is 35.4 Å². The number of aliphatic hydroxyl groups is 1. The average molecular weight is 256 g/mol. The minimum Gasteiger partial charge on any atom is -0.396 e. The Morgan fingerprint density at radius 2 is 2.18 bits per heavy atom. The molecule has 0 unspecified atom stereocenters. The molecule has 0 saturated heterocycles. The summed E-state index contributed by atoms with van der Waals surface area (Å²) in [6.07, 6.45) is 0. The maximum Gasteiger partial charge on any atom is 0.251 e. The summed E-state index contributed by atoms with van der Waals surface area (Å²) in [6.45, 7) is 4.26. The van der Waals surface area contributed by atoms with E-state index in [1.807, 2.05) is 26.0 Å². The molecule has 94 valence electrons. The van der Waals surface area contributed by atoms with Crippen LogP contribution in [0.1, 0.15) is 29.8 Å². The Labute approximate surface area is 107 Å². The number of hydrogen-bond acceptors (Lipinski definition) is 2. The third kappa shape index (κ3) is 4.36. The lowest BCUT2D eigenvalue weighted by Crippen LogP contribution is -2.36. The number of alkyl halides is 1. The van der Waals surface area contributed by atoms with Crippen molar-refractivity contribution in [1.29, 1.82) is 0 Å². The summed E-state index contributed by atoms with van der Waals surface area (Å²) in [4.78, 5) is 11.8. The van der Waals surface area contributed by atoms with E-state index in [4.69, 9.17) is 16.7 Å². The van der Waals surface area contributed by atoms with Gasteiger partial charge in [-0.05, 0) is 17.7 Å². The number of benzene rings is 1. The highest BCUT2D eigenvalue weighted by Gasteiger charge is 2.17. The minimum absolute atomic E-state index is 0.0367. The molecule has 2 N–H and O–H groups in total. The third-order valence-electron chi connectivity index (χ3n) is 2.50. The molecule has 0 aliphatic heterocycles. The van der Waals surface area contributed by atoms with E-state index in [1.165, 1.54) is 0 Å². The summed E-state index contributed by atoms with van der Waals surface area (Å²) >= 11 is 5.71. The van der Waals surface area contributed by atoms with Crippen LogP contribution in [0, 0.1) is 5.41 Å². The van der Waals surface area contributed by atoms with E-state index in [0.717, 1.165) is 5.56 Å². The molecule has 1 amide bonds. The van der Waals surface area contributed by atoms with Gasteiger partial charge in [-0.1, -0.05) is 26.0 Å². The summed E-state index contributed by atoms with van der Waals surface area (Å²) in [5.74, 6) is 0.252. The molecule has 0 fully saturated rings. The van der Waals surface area contributed by atoms with E-state index >= 15 is 0 Å². The standard InChI is InChI=1S/C13H18ClNO2/c1-13(2,9-16)8-15-12(17)11-5-3-4-10(6-11)7-14/h3-6,16H,7-9H2,1-2H3,(H,15,17). The number of nitrogens with one attached hydrogen (secondary N) is 1. The van der Waals surface area contributed by atoms with Crippen LogP contribution in [0.4, 0.5) is 0 Å². The summed E-state index contributed by atoms with van der Waals surface area (Å²) in [5, 5.41) is 11.9. The third-order valence-corrected chi connectivity index (χ3v) is 2.81. The summed E-state index contributed by atoms with van der Waals surface area (Å²) in [6, 6.07) is 7.21. The molecule has 1 rings (SSSR count). The van der Waals surface area contributed by atoms with Crippen molar-refractivity contribution < 1.29 is 9.90 Å². The Bertz CT molecular complexity index is 391. The van der Waals surface area contributed by atoms with E-state index in [9.17, 15) is 4.79 Å². The normalized spacial score (nSPS) is 11.3. The van der Waals surface area contributed by atoms with Gasteiger partial charge in [-0.2, -0.15) is 0 Å². The summed E-state index contributed by atoms with van der Waals surface area (Å²) in [5.41, 5.74) is 1.21. The van der Waals surface area contributed by atoms with E-state index < -0.39 is 0 Å². The van der Waals surface area contributed by atoms with Gasteiger partial charge < -0.3 is 10.4 Å². The van der Waals surface area contributed by atoms with Gasteiger partial charge in [0.05, 0.1) is 0 Å². The Hall–Kier alpha value is -1.06. The van der Waals surface area contributed by atoms with Crippen LogP contribution in [0.2, 0.25) is 0 Å². The molecule has 0 atom stereocenters. The van der Waals surface area contributed by atoms with Crippen molar-refractivity contribution in [1.82, 2.24) is 5.32 Å². The molecule has 0 spiro atoms. The molecule has 0 saturated carbocycles. The predicted molar refractivity (Wildman–Crippen MR) is 69.2 cm³/mol. The Morgan fingerprint density at radius 1 is 1.47 bits per heavy atom. The molecule has 4 heteroatoms. The highest BCUT2D eigenvalue weighted by Crippen LogP contribution is 2.12. The van der Waals surface area contributed by atoms with Crippen LogP contribution < -0.4 is 5.32 Å². The number of halogens is 1. The van der Waals surface area contributed by atoms with Crippen LogP contribution in [0.15, 0.2) is 24.3 Å². The molecule has 0 aliphatic rings. The SMILES string of the molecule is CC(C)(CO)CNC(=O)c1cccc(CCl)c1. The fourth-order valence-electron chi connectivity index (χ4n) is 1.27. The zero-order chi connectivity index (χ0) is 12.9. The molecule has 0 radical (unpaired) electrons. The molecule has 3 nitrogen and oxygen atoms in total. The molecule has 0 heterocycles. The first-order chi connectivity index (χ1) is 7.98. The number of carbonyl (C=O) groups excluding carboxylic acids is 1. The second kappa shape index (κ2) is 6.03. The zero-order valence-corrected chi connectivity index (χ0v) is 10.9. The fourth-order valence-corrected chi connectivity index (χ4v) is 1.44. The smallest absolute Gasteiger partial charge is 0.251 e. The van der Waals surface area contributed by atoms with Gasteiger partial charge in [-0.25, -0.2) is 0 Å². The number of rotatable bonds is 5. The van der Waals surface area contributed by atoms with E-state index in [1.54, 1.807) is 12.1 Å². The van der Waals surface area contributed by atoms with Crippen LogP contribution in [0.5, 0.6) is 0 Å². The lowest BCUT2D eigenvalue weighted by molar-refractivity contribution is 0.0911. The fraction of sp³-hybridized carbons (Fsp3) is 0.462. The molecule has 0 aliphatic carbocycles. The zero-order valence-electron chi connectivity index (χ0n) is 10.2. The van der Waals surface area contributed by atoms with Crippen molar-refractivity contribution in [2.75, 3.05) is 13.2 Å². The first-order valence-corrected chi connectivity index (χ1v) is 6.06. The molecule has 0 bridgehead atoms. The van der Waals surface area contributed by atoms with Crippen molar-refractivity contribution in [3.8, 4) is 0 Å². The average Bonchev–Trinajstić information content (AvgIpc) is 2.36. The maximum atomic E-state index is 11.8. The predicted octanol–water partition coefficient (Wildman–Crippen LogP) is 2.17. The molecule has 1 aromatic carbocycles. The highest BCUT2D eigenvalue weighted by atomic mass is 35.5. The molecular formula is C13H18ClNO2. The summed E-state index contributed by atoms with van der Waals surface area (Å²) in [7, 11) is 0. The summed E-state index contributed by atoms with van der Waals surface area (Å²) < 4.78 is 0. The van der Waals surface area contributed by atoms with Crippen molar-refractivity contribution in [2.45, 2.75) is 19.7 Å². The van der Waals surface area contributed by atoms with Crippen molar-refractivity contribution >= 4 is 17.5 Å². The first kappa shape index (κ1) is 14.0. The second-order valence-electron chi connectivity index (χ2n) is 4.84. The van der Waals surface area contributed by atoms with E-state index in [2.05, 4.69) is 5.32 Å². The lowest BCUT2D eigenvalue weighted by Gasteiger charge is -2.21. The van der Waals surface area contributed by atoms with Gasteiger partial charge in [0.25, 0.3) is 5.91 Å². The molecule has 17 heavy (non-hydrogen) atoms. The van der Waals surface area contributed by atoms with E-state index in [0.29, 0.717) is 18.0 Å². The molecular weight excluding hydrogens is 238 g/mol. The van der Waals surface area contributed by atoms with Gasteiger partial charge in [-0.15, -0.1) is 11.6 Å². The van der Waals surface area contributed by atoms with Crippen molar-refractivity contribution in [2.24, 2.45) is 5.41 Å². The van der Waals surface area contributed by atoms with Gasteiger partial charge in [0.1, 0.15) is 0 Å². The van der Waals surface area contributed by atoms with Crippen LogP contribution in [0.25, 0.3) is 0 Å². The first-order valence-electron chi connectivity index (χ1n) is 5.52. The molecule has 1 aromatic rings. The maximum absolute atomic E-state index is 11.8.